The Labute approximate surface area is 103 Å². The fourth-order valence-corrected chi connectivity index (χ4v) is 1.85. The lowest BCUT2D eigenvalue weighted by Crippen LogP contribution is -2.13. The molecule has 0 saturated carbocycles. The lowest BCUT2D eigenvalue weighted by molar-refractivity contribution is 0.688. The summed E-state index contributed by atoms with van der Waals surface area (Å²) in [6.07, 6.45) is 3.70. The van der Waals surface area contributed by atoms with E-state index in [1.54, 1.807) is 6.20 Å². The van der Waals surface area contributed by atoms with E-state index in [0.29, 0.717) is 0 Å². The molecule has 0 amide bonds. The SMILES string of the molecule is Cc1cccc(CNCc2cccnc2)c1C. The Bertz CT molecular complexity index is 478. The molecule has 0 fully saturated rings. The molecule has 1 aromatic heterocycles. The first-order valence-electron chi connectivity index (χ1n) is 5.92. The maximum absolute atomic E-state index is 4.10. The zero-order valence-corrected chi connectivity index (χ0v) is 10.4. The molecule has 0 unspecified atom stereocenters. The first-order chi connectivity index (χ1) is 8.27. The van der Waals surface area contributed by atoms with Gasteiger partial charge in [-0.25, -0.2) is 0 Å². The van der Waals surface area contributed by atoms with Gasteiger partial charge in [0.1, 0.15) is 0 Å². The van der Waals surface area contributed by atoms with Gasteiger partial charge in [-0.3, -0.25) is 4.98 Å². The summed E-state index contributed by atoms with van der Waals surface area (Å²) in [6.45, 7) is 6.10. The van der Waals surface area contributed by atoms with Gasteiger partial charge in [0.05, 0.1) is 0 Å². The molecule has 1 N–H and O–H groups in total. The molecule has 2 nitrogen and oxygen atoms in total. The van der Waals surface area contributed by atoms with Crippen LogP contribution in [0.1, 0.15) is 22.3 Å². The zero-order chi connectivity index (χ0) is 12.1. The molecule has 0 bridgehead atoms. The standard InChI is InChI=1S/C15H18N2/c1-12-5-3-7-15(13(12)2)11-17-10-14-6-4-8-16-9-14/h3-9,17H,10-11H2,1-2H3. The van der Waals surface area contributed by atoms with Crippen LogP contribution in [0.3, 0.4) is 0 Å². The van der Waals surface area contributed by atoms with Crippen molar-refractivity contribution in [2.45, 2.75) is 26.9 Å². The van der Waals surface area contributed by atoms with Crippen LogP contribution in [0.2, 0.25) is 0 Å². The molecule has 0 aliphatic carbocycles. The lowest BCUT2D eigenvalue weighted by atomic mass is 10.0. The Morgan fingerprint density at radius 1 is 1.06 bits per heavy atom. The molecular weight excluding hydrogens is 208 g/mol. The average molecular weight is 226 g/mol. The van der Waals surface area contributed by atoms with Crippen LogP contribution in [-0.2, 0) is 13.1 Å². The molecule has 0 aliphatic heterocycles. The number of benzene rings is 1. The van der Waals surface area contributed by atoms with Crippen molar-refractivity contribution in [1.82, 2.24) is 10.3 Å². The largest absolute Gasteiger partial charge is 0.309 e. The highest BCUT2D eigenvalue weighted by Crippen LogP contribution is 2.12. The maximum Gasteiger partial charge on any atom is 0.0312 e. The fourth-order valence-electron chi connectivity index (χ4n) is 1.85. The number of nitrogens with one attached hydrogen (secondary N) is 1. The number of hydrogen-bond donors (Lipinski definition) is 1. The van der Waals surface area contributed by atoms with Gasteiger partial charge < -0.3 is 5.32 Å². The third kappa shape index (κ3) is 3.14. The molecule has 0 saturated heterocycles. The molecule has 0 aliphatic rings. The van der Waals surface area contributed by atoms with Gasteiger partial charge >= 0.3 is 0 Å². The highest BCUT2D eigenvalue weighted by Gasteiger charge is 2.00. The minimum atomic E-state index is 0.862. The van der Waals surface area contributed by atoms with Crippen molar-refractivity contribution in [1.29, 1.82) is 0 Å². The molecule has 2 aromatic rings. The van der Waals surface area contributed by atoms with Crippen molar-refractivity contribution in [2.24, 2.45) is 0 Å². The van der Waals surface area contributed by atoms with Crippen LogP contribution >= 0.6 is 0 Å². The summed E-state index contributed by atoms with van der Waals surface area (Å²) in [5.41, 5.74) is 5.32. The van der Waals surface area contributed by atoms with E-state index in [0.717, 1.165) is 13.1 Å². The highest BCUT2D eigenvalue weighted by atomic mass is 14.8. The topological polar surface area (TPSA) is 24.9 Å². The summed E-state index contributed by atoms with van der Waals surface area (Å²) in [5, 5.41) is 3.45. The second-order valence-electron chi connectivity index (χ2n) is 4.32. The third-order valence-electron chi connectivity index (χ3n) is 3.08. The van der Waals surface area contributed by atoms with Crippen LogP contribution in [0.5, 0.6) is 0 Å². The van der Waals surface area contributed by atoms with Gasteiger partial charge in [-0.1, -0.05) is 24.3 Å². The summed E-state index contributed by atoms with van der Waals surface area (Å²) in [4.78, 5) is 4.10. The zero-order valence-electron chi connectivity index (χ0n) is 10.4. The Hall–Kier alpha value is -1.67. The van der Waals surface area contributed by atoms with E-state index < -0.39 is 0 Å². The van der Waals surface area contributed by atoms with Crippen LogP contribution in [0.15, 0.2) is 42.7 Å². The second kappa shape index (κ2) is 5.60. The van der Waals surface area contributed by atoms with E-state index >= 15 is 0 Å². The molecule has 0 atom stereocenters. The van der Waals surface area contributed by atoms with Gasteiger partial charge in [-0.15, -0.1) is 0 Å². The number of aromatic nitrogens is 1. The molecule has 88 valence electrons. The molecule has 1 aromatic carbocycles. The first kappa shape index (κ1) is 11.8. The molecule has 2 heteroatoms. The summed E-state index contributed by atoms with van der Waals surface area (Å²) >= 11 is 0. The quantitative estimate of drug-likeness (QED) is 0.867. The number of pyridine rings is 1. The monoisotopic (exact) mass is 226 g/mol. The minimum absolute atomic E-state index is 0.862. The van der Waals surface area contributed by atoms with Gasteiger partial charge in [0.2, 0.25) is 0 Å². The van der Waals surface area contributed by atoms with E-state index in [1.165, 1.54) is 22.3 Å². The highest BCUT2D eigenvalue weighted by molar-refractivity contribution is 5.32. The second-order valence-corrected chi connectivity index (χ2v) is 4.32. The minimum Gasteiger partial charge on any atom is -0.309 e. The molecule has 1 heterocycles. The van der Waals surface area contributed by atoms with Crippen LogP contribution in [0, 0.1) is 13.8 Å². The van der Waals surface area contributed by atoms with Crippen LogP contribution in [0.25, 0.3) is 0 Å². The van der Waals surface area contributed by atoms with Crippen molar-refractivity contribution in [3.05, 3.63) is 65.0 Å². The van der Waals surface area contributed by atoms with Crippen LogP contribution in [0.4, 0.5) is 0 Å². The lowest BCUT2D eigenvalue weighted by Gasteiger charge is -2.09. The van der Waals surface area contributed by atoms with E-state index in [-0.39, 0.29) is 0 Å². The summed E-state index contributed by atoms with van der Waals surface area (Å²) in [6, 6.07) is 10.5. The molecule has 2 rings (SSSR count). The Morgan fingerprint density at radius 3 is 2.71 bits per heavy atom. The number of rotatable bonds is 4. The first-order valence-corrected chi connectivity index (χ1v) is 5.92. The number of nitrogens with zero attached hydrogens (tertiary/aromatic N) is 1. The van der Waals surface area contributed by atoms with E-state index in [2.05, 4.69) is 48.4 Å². The Kier molecular flexibility index (Phi) is 3.89. The van der Waals surface area contributed by atoms with Crippen molar-refractivity contribution >= 4 is 0 Å². The molecule has 17 heavy (non-hydrogen) atoms. The number of hydrogen-bond acceptors (Lipinski definition) is 2. The van der Waals surface area contributed by atoms with Gasteiger partial charge in [0.15, 0.2) is 0 Å². The molecular formula is C15H18N2. The molecule has 0 spiro atoms. The summed E-state index contributed by atoms with van der Waals surface area (Å²) in [7, 11) is 0. The van der Waals surface area contributed by atoms with Crippen LogP contribution < -0.4 is 5.32 Å². The maximum atomic E-state index is 4.10. The molecule has 0 radical (unpaired) electrons. The van der Waals surface area contributed by atoms with Crippen molar-refractivity contribution in [3.63, 3.8) is 0 Å². The summed E-state index contributed by atoms with van der Waals surface area (Å²) in [5.74, 6) is 0. The Balaban J connectivity index is 1.93. The fraction of sp³-hybridized carbons (Fsp3) is 0.267. The average Bonchev–Trinajstić information content (AvgIpc) is 2.36. The van der Waals surface area contributed by atoms with Gasteiger partial charge in [0, 0.05) is 25.5 Å². The Morgan fingerprint density at radius 2 is 1.94 bits per heavy atom. The van der Waals surface area contributed by atoms with E-state index in [1.807, 2.05) is 12.3 Å². The van der Waals surface area contributed by atoms with Gasteiger partial charge in [-0.2, -0.15) is 0 Å². The normalized spacial score (nSPS) is 10.5. The third-order valence-corrected chi connectivity index (χ3v) is 3.08. The van der Waals surface area contributed by atoms with E-state index in [4.69, 9.17) is 0 Å². The smallest absolute Gasteiger partial charge is 0.0312 e. The van der Waals surface area contributed by atoms with Crippen molar-refractivity contribution in [3.8, 4) is 0 Å². The predicted molar refractivity (Wildman–Crippen MR) is 70.7 cm³/mol. The van der Waals surface area contributed by atoms with Crippen LogP contribution in [-0.4, -0.2) is 4.98 Å². The van der Waals surface area contributed by atoms with Gasteiger partial charge in [-0.05, 0) is 42.2 Å². The van der Waals surface area contributed by atoms with Crippen molar-refractivity contribution < 1.29 is 0 Å². The van der Waals surface area contributed by atoms with E-state index in [9.17, 15) is 0 Å². The van der Waals surface area contributed by atoms with Crippen molar-refractivity contribution in [2.75, 3.05) is 0 Å². The number of aryl methyl sites for hydroxylation is 1. The predicted octanol–water partition coefficient (Wildman–Crippen LogP) is 2.99. The summed E-state index contributed by atoms with van der Waals surface area (Å²) < 4.78 is 0. The van der Waals surface area contributed by atoms with Gasteiger partial charge in [0.25, 0.3) is 0 Å².